The molecule has 0 aliphatic carbocycles. The summed E-state index contributed by atoms with van der Waals surface area (Å²) in [6, 6.07) is 7.28. The van der Waals surface area contributed by atoms with Gasteiger partial charge in [-0.25, -0.2) is 4.98 Å². The van der Waals surface area contributed by atoms with Gasteiger partial charge in [-0.1, -0.05) is 25.1 Å². The Balaban J connectivity index is 2.50. The lowest BCUT2D eigenvalue weighted by atomic mass is 10.1. The first-order valence-corrected chi connectivity index (χ1v) is 6.07. The van der Waals surface area contributed by atoms with Gasteiger partial charge in [-0.2, -0.15) is 4.98 Å². The van der Waals surface area contributed by atoms with Crippen LogP contribution in [0.5, 0.6) is 11.6 Å². The Bertz CT molecular complexity index is 658. The van der Waals surface area contributed by atoms with Gasteiger partial charge >= 0.3 is 11.6 Å². The highest BCUT2D eigenvalue weighted by Gasteiger charge is 2.24. The van der Waals surface area contributed by atoms with Crippen molar-refractivity contribution in [3.8, 4) is 11.6 Å². The van der Waals surface area contributed by atoms with Crippen LogP contribution in [0.2, 0.25) is 0 Å². The number of hydrogen-bond donors (Lipinski definition) is 1. The Labute approximate surface area is 115 Å². The molecule has 0 amide bonds. The fraction of sp³-hybridized carbons (Fsp3) is 0.231. The highest BCUT2D eigenvalue weighted by Crippen LogP contribution is 2.33. The zero-order valence-electron chi connectivity index (χ0n) is 11.2. The van der Waals surface area contributed by atoms with Crippen molar-refractivity contribution in [3.63, 3.8) is 0 Å². The molecule has 7 heteroatoms. The highest BCUT2D eigenvalue weighted by atomic mass is 16.6. The molecule has 0 aliphatic heterocycles. The molecule has 0 bridgehead atoms. The average molecular weight is 274 g/mol. The van der Waals surface area contributed by atoms with Crippen molar-refractivity contribution >= 4 is 11.6 Å². The Morgan fingerprint density at radius 3 is 2.70 bits per heavy atom. The Kier molecular flexibility index (Phi) is 3.79. The third kappa shape index (κ3) is 2.66. The van der Waals surface area contributed by atoms with Gasteiger partial charge in [-0.3, -0.25) is 10.1 Å². The van der Waals surface area contributed by atoms with E-state index in [2.05, 4.69) is 9.97 Å². The maximum absolute atomic E-state index is 11.1. The summed E-state index contributed by atoms with van der Waals surface area (Å²) in [7, 11) is 0. The second-order valence-electron chi connectivity index (χ2n) is 4.14. The van der Waals surface area contributed by atoms with E-state index in [4.69, 9.17) is 10.5 Å². The van der Waals surface area contributed by atoms with Crippen molar-refractivity contribution in [3.05, 3.63) is 45.6 Å². The average Bonchev–Trinajstić information content (AvgIpc) is 2.38. The van der Waals surface area contributed by atoms with Gasteiger partial charge in [-0.05, 0) is 25.0 Å². The van der Waals surface area contributed by atoms with E-state index in [-0.39, 0.29) is 23.2 Å². The summed E-state index contributed by atoms with van der Waals surface area (Å²) in [6.45, 7) is 3.46. The van der Waals surface area contributed by atoms with E-state index in [0.717, 1.165) is 12.0 Å². The third-order valence-corrected chi connectivity index (χ3v) is 2.79. The van der Waals surface area contributed by atoms with Crippen LogP contribution in [0.3, 0.4) is 0 Å². The Morgan fingerprint density at radius 2 is 2.05 bits per heavy atom. The topological polar surface area (TPSA) is 104 Å². The van der Waals surface area contributed by atoms with Crippen molar-refractivity contribution in [2.24, 2.45) is 0 Å². The SMILES string of the molecule is CCc1ccccc1Oc1nc(N)nc(C)c1[N+](=O)[O-]. The number of anilines is 1. The largest absolute Gasteiger partial charge is 0.433 e. The molecule has 104 valence electrons. The monoisotopic (exact) mass is 274 g/mol. The number of aromatic nitrogens is 2. The van der Waals surface area contributed by atoms with Crippen LogP contribution in [-0.4, -0.2) is 14.9 Å². The number of benzene rings is 1. The third-order valence-electron chi connectivity index (χ3n) is 2.79. The number of nitrogens with two attached hydrogens (primary N) is 1. The van der Waals surface area contributed by atoms with Crippen molar-refractivity contribution < 1.29 is 9.66 Å². The molecule has 1 aromatic carbocycles. The fourth-order valence-electron chi connectivity index (χ4n) is 1.84. The molecule has 0 atom stereocenters. The predicted octanol–water partition coefficient (Wildman–Crippen LogP) is 2.63. The van der Waals surface area contributed by atoms with Crippen LogP contribution in [0.4, 0.5) is 11.6 Å². The van der Waals surface area contributed by atoms with E-state index in [0.29, 0.717) is 5.75 Å². The molecule has 0 spiro atoms. The zero-order chi connectivity index (χ0) is 14.7. The minimum absolute atomic E-state index is 0.0583. The maximum Gasteiger partial charge on any atom is 0.352 e. The first-order valence-electron chi connectivity index (χ1n) is 6.07. The van der Waals surface area contributed by atoms with Gasteiger partial charge in [0, 0.05) is 0 Å². The van der Waals surface area contributed by atoms with Gasteiger partial charge in [0.2, 0.25) is 5.95 Å². The molecular formula is C13H14N4O3. The summed E-state index contributed by atoms with van der Waals surface area (Å²) in [4.78, 5) is 18.1. The molecule has 2 aromatic rings. The predicted molar refractivity (Wildman–Crippen MR) is 73.7 cm³/mol. The number of nitro groups is 1. The number of para-hydroxylation sites is 1. The maximum atomic E-state index is 11.1. The van der Waals surface area contributed by atoms with Crippen LogP contribution >= 0.6 is 0 Å². The second-order valence-corrected chi connectivity index (χ2v) is 4.14. The van der Waals surface area contributed by atoms with E-state index < -0.39 is 4.92 Å². The van der Waals surface area contributed by atoms with E-state index in [9.17, 15) is 10.1 Å². The Hall–Kier alpha value is -2.70. The molecule has 0 unspecified atom stereocenters. The first-order chi connectivity index (χ1) is 9.52. The van der Waals surface area contributed by atoms with Crippen molar-refractivity contribution in [2.45, 2.75) is 20.3 Å². The van der Waals surface area contributed by atoms with Crippen LogP contribution < -0.4 is 10.5 Å². The summed E-state index contributed by atoms with van der Waals surface area (Å²) in [5.74, 6) is 0.327. The van der Waals surface area contributed by atoms with Crippen LogP contribution in [0.1, 0.15) is 18.2 Å². The summed E-state index contributed by atoms with van der Waals surface area (Å²) in [6.07, 6.45) is 0.740. The van der Waals surface area contributed by atoms with Crippen molar-refractivity contribution in [2.75, 3.05) is 5.73 Å². The molecule has 20 heavy (non-hydrogen) atoms. The van der Waals surface area contributed by atoms with Gasteiger partial charge in [0.15, 0.2) is 0 Å². The van der Waals surface area contributed by atoms with Gasteiger partial charge in [0.25, 0.3) is 0 Å². The molecule has 0 saturated heterocycles. The highest BCUT2D eigenvalue weighted by molar-refractivity contribution is 5.50. The van der Waals surface area contributed by atoms with Gasteiger partial charge in [0.1, 0.15) is 11.4 Å². The molecule has 7 nitrogen and oxygen atoms in total. The lowest BCUT2D eigenvalue weighted by molar-refractivity contribution is -0.386. The van der Waals surface area contributed by atoms with Crippen LogP contribution in [0, 0.1) is 17.0 Å². The van der Waals surface area contributed by atoms with Crippen LogP contribution in [0.15, 0.2) is 24.3 Å². The van der Waals surface area contributed by atoms with E-state index >= 15 is 0 Å². The molecule has 0 saturated carbocycles. The number of aryl methyl sites for hydroxylation is 2. The lowest BCUT2D eigenvalue weighted by Crippen LogP contribution is -2.05. The molecule has 2 rings (SSSR count). The molecule has 2 N–H and O–H groups in total. The number of rotatable bonds is 4. The van der Waals surface area contributed by atoms with Gasteiger partial charge < -0.3 is 10.5 Å². The van der Waals surface area contributed by atoms with Crippen molar-refractivity contribution in [1.82, 2.24) is 9.97 Å². The Morgan fingerprint density at radius 1 is 1.35 bits per heavy atom. The minimum atomic E-state index is -0.571. The smallest absolute Gasteiger partial charge is 0.352 e. The fourth-order valence-corrected chi connectivity index (χ4v) is 1.84. The summed E-state index contributed by atoms with van der Waals surface area (Å²) in [5.41, 5.74) is 6.35. The minimum Gasteiger partial charge on any atom is -0.433 e. The normalized spacial score (nSPS) is 10.3. The van der Waals surface area contributed by atoms with Gasteiger partial charge in [-0.15, -0.1) is 0 Å². The van der Waals surface area contributed by atoms with E-state index in [1.54, 1.807) is 12.1 Å². The second kappa shape index (κ2) is 5.52. The molecule has 0 radical (unpaired) electrons. The van der Waals surface area contributed by atoms with Gasteiger partial charge in [0.05, 0.1) is 4.92 Å². The molecule has 1 heterocycles. The number of nitrogens with zero attached hydrogens (tertiary/aromatic N) is 3. The van der Waals surface area contributed by atoms with Crippen LogP contribution in [0.25, 0.3) is 0 Å². The quantitative estimate of drug-likeness (QED) is 0.678. The molecule has 1 aromatic heterocycles. The van der Waals surface area contributed by atoms with Crippen LogP contribution in [-0.2, 0) is 6.42 Å². The molecular weight excluding hydrogens is 260 g/mol. The van der Waals surface area contributed by atoms with E-state index in [1.165, 1.54) is 6.92 Å². The summed E-state index contributed by atoms with van der Waals surface area (Å²) in [5, 5.41) is 11.1. The number of ether oxygens (including phenoxy) is 1. The molecule has 0 aliphatic rings. The van der Waals surface area contributed by atoms with Crippen molar-refractivity contribution in [1.29, 1.82) is 0 Å². The standard InChI is InChI=1S/C13H14N4O3/c1-3-9-6-4-5-7-10(9)20-12-11(17(18)19)8(2)15-13(14)16-12/h4-7H,3H2,1-2H3,(H2,14,15,16). The van der Waals surface area contributed by atoms with E-state index in [1.807, 2.05) is 19.1 Å². The molecule has 0 fully saturated rings. The summed E-state index contributed by atoms with van der Waals surface area (Å²) < 4.78 is 5.58. The lowest BCUT2D eigenvalue weighted by Gasteiger charge is -2.10. The number of hydrogen-bond acceptors (Lipinski definition) is 6. The zero-order valence-corrected chi connectivity index (χ0v) is 11.2. The first kappa shape index (κ1) is 13.7. The number of nitrogen functional groups attached to an aromatic ring is 1. The summed E-state index contributed by atoms with van der Waals surface area (Å²) >= 11 is 0.